The van der Waals surface area contributed by atoms with Crippen molar-refractivity contribution in [1.82, 2.24) is 0 Å². The second kappa shape index (κ2) is 59.1. The molecule has 0 radical (unpaired) electrons. The zero-order valence-corrected chi connectivity index (χ0v) is 47.7. The van der Waals surface area contributed by atoms with E-state index < -0.39 is 46.9 Å². The number of carbonyl (C=O) groups is 8. The molecule has 0 bridgehead atoms. The van der Waals surface area contributed by atoms with E-state index in [0.29, 0.717) is 64.2 Å². The number of hydrogen-bond acceptors (Lipinski definition) is 14. The smallest absolute Gasteiger partial charge is 0.389 e. The zero-order chi connectivity index (χ0) is 58.6. The molecule has 0 aliphatic carbocycles. The van der Waals surface area contributed by atoms with Crippen LogP contribution in [0.15, 0.2) is 0 Å². The molecule has 0 aliphatic rings. The number of alkyl halides is 6. The Balaban J connectivity index is -0.0000000637. The first-order valence-electron chi connectivity index (χ1n) is 25.9. The summed E-state index contributed by atoms with van der Waals surface area (Å²) in [7, 11) is 2.70. The van der Waals surface area contributed by atoms with Crippen LogP contribution in [0.4, 0.5) is 26.3 Å². The summed E-state index contributed by atoms with van der Waals surface area (Å²) in [6.07, 6.45) is -3.55. The van der Waals surface area contributed by atoms with Crippen LogP contribution in [0.5, 0.6) is 0 Å². The molecule has 0 N–H and O–H groups in total. The van der Waals surface area contributed by atoms with Gasteiger partial charge in [-0.25, -0.2) is 0 Å². The van der Waals surface area contributed by atoms with Gasteiger partial charge in [0.25, 0.3) is 0 Å². The van der Waals surface area contributed by atoms with Crippen molar-refractivity contribution >= 4 is 47.4 Å². The minimum atomic E-state index is -4.14. The predicted molar refractivity (Wildman–Crippen MR) is 337 cm³/mol. The fourth-order valence-electron chi connectivity index (χ4n) is 5.36. The summed E-state index contributed by atoms with van der Waals surface area (Å²) in [5.41, 5.74) is -1.92. The molecular formula is C64H134F6O14. The fourth-order valence-corrected chi connectivity index (χ4v) is 5.36. The van der Waals surface area contributed by atoms with Crippen LogP contribution >= 0.6 is 0 Å². The average molecular weight is 1240 g/mol. The highest BCUT2D eigenvalue weighted by Crippen LogP contribution is 2.29. The Kier molecular flexibility index (Phi) is 80.5. The summed E-state index contributed by atoms with van der Waals surface area (Å²) < 4.78 is 100. The van der Waals surface area contributed by atoms with Crippen LogP contribution < -0.4 is 0 Å². The molecular weight excluding hydrogens is 1110 g/mol. The van der Waals surface area contributed by atoms with E-state index in [-0.39, 0.29) is 198 Å². The Hall–Kier alpha value is -4.26. The number of halogens is 6. The summed E-state index contributed by atoms with van der Waals surface area (Å²) >= 11 is 0. The molecule has 84 heavy (non-hydrogen) atoms. The molecule has 516 valence electrons. The average Bonchev–Trinajstić information content (AvgIpc) is 3.32. The quantitative estimate of drug-likeness (QED) is 0.0267. The van der Waals surface area contributed by atoms with E-state index in [1.165, 1.54) is 14.2 Å². The van der Waals surface area contributed by atoms with Gasteiger partial charge in [-0.2, -0.15) is 26.3 Å². The lowest BCUT2D eigenvalue weighted by atomic mass is 9.83. The molecule has 2 atom stereocenters. The van der Waals surface area contributed by atoms with Crippen molar-refractivity contribution in [2.24, 2.45) is 33.5 Å². The normalized spacial score (nSPS) is 11.1. The molecule has 0 aromatic carbocycles. The van der Waals surface area contributed by atoms with Gasteiger partial charge in [0.1, 0.15) is 11.6 Å². The van der Waals surface area contributed by atoms with Crippen LogP contribution in [0.3, 0.4) is 0 Å². The molecule has 0 spiro atoms. The van der Waals surface area contributed by atoms with Crippen molar-refractivity contribution in [2.45, 2.75) is 299 Å². The largest absolute Gasteiger partial charge is 0.469 e. The van der Waals surface area contributed by atoms with Crippen molar-refractivity contribution in [3.05, 3.63) is 0 Å². The van der Waals surface area contributed by atoms with Gasteiger partial charge < -0.3 is 28.4 Å². The van der Waals surface area contributed by atoms with E-state index in [0.717, 1.165) is 0 Å². The summed E-state index contributed by atoms with van der Waals surface area (Å²) in [6.45, 7) is 26.5. The third-order valence-electron chi connectivity index (χ3n) is 12.7. The number of esters is 6. The van der Waals surface area contributed by atoms with E-state index in [1.54, 1.807) is 41.5 Å². The molecule has 0 saturated heterocycles. The van der Waals surface area contributed by atoms with E-state index >= 15 is 0 Å². The number of methoxy groups -OCH3 is 2. The van der Waals surface area contributed by atoms with Crippen molar-refractivity contribution in [3.8, 4) is 0 Å². The maximum Gasteiger partial charge on any atom is 0.389 e. The number of carbonyl (C=O) groups excluding carboxylic acids is 8. The molecule has 14 nitrogen and oxygen atoms in total. The molecule has 0 aromatic rings. The lowest BCUT2D eigenvalue weighted by Crippen LogP contribution is -2.26. The summed E-state index contributed by atoms with van der Waals surface area (Å²) in [6, 6.07) is 0. The van der Waals surface area contributed by atoms with Crippen molar-refractivity contribution in [2.75, 3.05) is 40.6 Å². The van der Waals surface area contributed by atoms with E-state index in [4.69, 9.17) is 18.9 Å². The Morgan fingerprint density at radius 2 is 0.595 bits per heavy atom. The highest BCUT2D eigenvalue weighted by Gasteiger charge is 2.32. The van der Waals surface area contributed by atoms with Gasteiger partial charge in [0.05, 0.1) is 63.3 Å². The van der Waals surface area contributed by atoms with Gasteiger partial charge in [-0.15, -0.1) is 0 Å². The number of hydrogen-bond donors (Lipinski definition) is 0. The Bertz CT molecular complexity index is 1520. The van der Waals surface area contributed by atoms with Gasteiger partial charge in [0.2, 0.25) is 0 Å². The standard InChI is InChI=1S/2C17H30O6.2C10H17F3O.10CH4/c2*1-6-17(3,4)16(20)23-12-8-11-22-14(18)10-7-9-13(2)15(19)21-5;2*1-4-9(2,3)8(14)6-5-7-10(11,12)13;;;;;;;;;;/h2*13H,6-12H2,1-5H3;2*4-7H2,1-3H3;10*1H4. The Morgan fingerprint density at radius 1 is 0.357 bits per heavy atom. The molecule has 0 saturated carbocycles. The maximum atomic E-state index is 11.8. The molecule has 20 heteroatoms. The molecule has 0 aliphatic heterocycles. The number of ether oxygens (including phenoxy) is 6. The summed E-state index contributed by atoms with van der Waals surface area (Å²) in [4.78, 5) is 91.7. The number of rotatable bonds is 32. The molecule has 0 heterocycles. The van der Waals surface area contributed by atoms with Gasteiger partial charge in [0.15, 0.2) is 0 Å². The molecule has 2 unspecified atom stereocenters. The van der Waals surface area contributed by atoms with Crippen molar-refractivity contribution < 1.29 is 93.1 Å². The summed E-state index contributed by atoms with van der Waals surface area (Å²) in [5, 5.41) is 0. The fraction of sp³-hybridized carbons (Fsp3) is 0.875. The lowest BCUT2D eigenvalue weighted by molar-refractivity contribution is -0.156. The van der Waals surface area contributed by atoms with Crippen LogP contribution in [0.2, 0.25) is 0 Å². The van der Waals surface area contributed by atoms with Gasteiger partial charge in [-0.05, 0) is 91.9 Å². The van der Waals surface area contributed by atoms with Crippen molar-refractivity contribution in [1.29, 1.82) is 0 Å². The van der Waals surface area contributed by atoms with E-state index in [2.05, 4.69) is 9.47 Å². The highest BCUT2D eigenvalue weighted by molar-refractivity contribution is 5.84. The third kappa shape index (κ3) is 62.3. The van der Waals surface area contributed by atoms with Crippen LogP contribution in [0.25, 0.3) is 0 Å². The zero-order valence-electron chi connectivity index (χ0n) is 47.7. The lowest BCUT2D eigenvalue weighted by Gasteiger charge is -2.20. The third-order valence-corrected chi connectivity index (χ3v) is 12.7. The van der Waals surface area contributed by atoms with Crippen molar-refractivity contribution in [3.63, 3.8) is 0 Å². The minimum absolute atomic E-state index is 0. The SMILES string of the molecule is C.C.C.C.C.C.C.C.C.C.CCC(C)(C)C(=O)CCCC(F)(F)F.CCC(C)(C)C(=O)CCCC(F)(F)F.CCC(C)(C)C(=O)OCCCOC(=O)CCCC(C)C(=O)OC.CCC(C)(C)C(=O)OCCCOC(=O)CCCC(C)C(=O)OC. The van der Waals surface area contributed by atoms with Gasteiger partial charge in [0, 0.05) is 62.2 Å². The van der Waals surface area contributed by atoms with E-state index in [1.807, 2.05) is 55.4 Å². The Morgan fingerprint density at radius 3 is 0.810 bits per heavy atom. The van der Waals surface area contributed by atoms with E-state index in [9.17, 15) is 64.7 Å². The first-order valence-corrected chi connectivity index (χ1v) is 25.9. The number of Topliss-reactive ketones (excluding diaryl/α,β-unsaturated/α-hetero) is 2. The minimum Gasteiger partial charge on any atom is -0.469 e. The monoisotopic (exact) mass is 1240 g/mol. The molecule has 0 fully saturated rings. The topological polar surface area (TPSA) is 192 Å². The highest BCUT2D eigenvalue weighted by atomic mass is 19.4. The molecule has 0 aromatic heterocycles. The number of ketones is 2. The molecule has 0 rings (SSSR count). The maximum absolute atomic E-state index is 11.8. The van der Waals surface area contributed by atoms with Crippen LogP contribution in [-0.2, 0) is 66.8 Å². The second-order valence-electron chi connectivity index (χ2n) is 20.8. The summed E-state index contributed by atoms with van der Waals surface area (Å²) in [5.74, 6) is -2.20. The van der Waals surface area contributed by atoms with Gasteiger partial charge >= 0.3 is 48.2 Å². The van der Waals surface area contributed by atoms with Gasteiger partial charge in [-0.3, -0.25) is 38.4 Å². The predicted octanol–water partition coefficient (Wildman–Crippen LogP) is 19.6. The second-order valence-corrected chi connectivity index (χ2v) is 20.8. The van der Waals surface area contributed by atoms with Crippen LogP contribution in [-0.4, -0.2) is 100 Å². The van der Waals surface area contributed by atoms with Crippen LogP contribution in [0, 0.1) is 33.5 Å². The first-order chi connectivity index (χ1) is 33.9. The van der Waals surface area contributed by atoms with Crippen LogP contribution in [0.1, 0.15) is 287 Å². The Labute approximate surface area is 512 Å². The molecule has 0 amide bonds. The first kappa shape index (κ1) is 114. The van der Waals surface area contributed by atoms with Gasteiger partial charge in [-0.1, -0.05) is 144 Å².